The number of thiazole rings is 1. The normalized spacial score (nSPS) is 25.7. The lowest BCUT2D eigenvalue weighted by atomic mass is 9.79. The minimum atomic E-state index is -0.775. The summed E-state index contributed by atoms with van der Waals surface area (Å²) in [6.07, 6.45) is 10.9. The summed E-state index contributed by atoms with van der Waals surface area (Å²) in [6.45, 7) is 8.27. The molecule has 4 aliphatic heterocycles. The third-order valence-electron chi connectivity index (χ3n) is 16.5. The minimum Gasteiger partial charge on any atom is -0.464 e. The van der Waals surface area contributed by atoms with Gasteiger partial charge in [-0.2, -0.15) is 0 Å². The molecule has 20 heteroatoms. The fourth-order valence-corrected chi connectivity index (χ4v) is 13.7. The lowest BCUT2D eigenvalue weighted by Crippen LogP contribution is -2.57. The second kappa shape index (κ2) is 19.4. The molecule has 2 aliphatic carbocycles. The standard InChI is InChI=1S/C55H63FN10O8S/c1-26(2)46(62-54(69)71-5)51(67)64-15-7-8-40(64)48-57-24-37(61-48)32-19-35(56)45-41-21-33-18-30(11-13-39(33)66(41)53(74-43(45)22-32)44-25-59-50(75-44)29-9-10-29)36-23-58-49(60-36)42-20-31-12-14-38(31)65(42)52(68)47(63-55(70)72-6)34-16-27(3)73-28(4)17-34/h11,13,18-19,21-29,31,34,38,40,42,46-47,53H,7-10,12,14-17,20H2,1-6H3,(H,57,61)(H,58,60)(H,62,69)(H,63,70). The monoisotopic (exact) mass is 1040 g/mol. The van der Waals surface area contributed by atoms with Gasteiger partial charge in [0.25, 0.3) is 0 Å². The fourth-order valence-electron chi connectivity index (χ4n) is 12.6. The van der Waals surface area contributed by atoms with E-state index >= 15 is 4.39 Å². The summed E-state index contributed by atoms with van der Waals surface area (Å²) in [5, 5.41) is 7.56. The molecule has 4 aromatic heterocycles. The first kappa shape index (κ1) is 49.1. The Morgan fingerprint density at radius 2 is 1.53 bits per heavy atom. The first-order valence-electron chi connectivity index (χ1n) is 26.4. The van der Waals surface area contributed by atoms with Crippen molar-refractivity contribution in [1.82, 2.24) is 49.9 Å². The molecule has 394 valence electrons. The van der Waals surface area contributed by atoms with Crippen molar-refractivity contribution in [3.05, 3.63) is 82.3 Å². The van der Waals surface area contributed by atoms with E-state index in [1.807, 2.05) is 69.3 Å². The number of likely N-dealkylation sites (tertiary alicyclic amines) is 2. The number of fused-ring (bicyclic) bond motifs is 6. The average Bonchev–Trinajstić information content (AvgIpc) is 4.06. The smallest absolute Gasteiger partial charge is 0.407 e. The van der Waals surface area contributed by atoms with Gasteiger partial charge in [-0.25, -0.2) is 28.9 Å². The van der Waals surface area contributed by atoms with Gasteiger partial charge in [0.15, 0.2) is 0 Å². The predicted octanol–water partition coefficient (Wildman–Crippen LogP) is 9.53. The molecule has 0 spiro atoms. The molecule has 9 unspecified atom stereocenters. The molecule has 9 atom stereocenters. The lowest BCUT2D eigenvalue weighted by molar-refractivity contribution is -0.142. The van der Waals surface area contributed by atoms with Gasteiger partial charge in [0.1, 0.15) is 35.3 Å². The molecule has 75 heavy (non-hydrogen) atoms. The van der Waals surface area contributed by atoms with Crippen LogP contribution in [0, 0.1) is 23.6 Å². The van der Waals surface area contributed by atoms with E-state index in [2.05, 4.69) is 31.2 Å². The molecule has 18 nitrogen and oxygen atoms in total. The van der Waals surface area contributed by atoms with E-state index in [1.54, 1.807) is 22.4 Å². The first-order valence-corrected chi connectivity index (χ1v) is 27.3. The van der Waals surface area contributed by atoms with Crippen molar-refractivity contribution in [1.29, 1.82) is 0 Å². The molecule has 6 aromatic rings. The van der Waals surface area contributed by atoms with E-state index in [4.69, 9.17) is 33.9 Å². The van der Waals surface area contributed by atoms with Gasteiger partial charge in [-0.05, 0) is 120 Å². The van der Waals surface area contributed by atoms with Crippen molar-refractivity contribution in [2.75, 3.05) is 20.8 Å². The zero-order valence-electron chi connectivity index (χ0n) is 42.9. The summed E-state index contributed by atoms with van der Waals surface area (Å²) >= 11 is 1.63. The van der Waals surface area contributed by atoms with Gasteiger partial charge in [0, 0.05) is 41.2 Å². The molecule has 3 saturated heterocycles. The van der Waals surface area contributed by atoms with Crippen LogP contribution in [-0.4, -0.2) is 114 Å². The highest BCUT2D eigenvalue weighted by Crippen LogP contribution is 2.52. The van der Waals surface area contributed by atoms with E-state index in [1.165, 1.54) is 20.3 Å². The summed E-state index contributed by atoms with van der Waals surface area (Å²) in [5.74, 6) is 1.33. The van der Waals surface area contributed by atoms with E-state index < -0.39 is 36.3 Å². The highest BCUT2D eigenvalue weighted by atomic mass is 32.1. The molecule has 2 aromatic carbocycles. The first-order chi connectivity index (χ1) is 36.2. The van der Waals surface area contributed by atoms with Crippen molar-refractivity contribution in [2.24, 2.45) is 17.8 Å². The largest absolute Gasteiger partial charge is 0.464 e. The summed E-state index contributed by atoms with van der Waals surface area (Å²) in [6, 6.07) is 9.34. The number of carbonyl (C=O) groups excluding carboxylic acids is 4. The van der Waals surface area contributed by atoms with Crippen LogP contribution in [0.3, 0.4) is 0 Å². The number of aromatic amines is 2. The van der Waals surface area contributed by atoms with E-state index in [0.717, 1.165) is 70.6 Å². The highest BCUT2D eigenvalue weighted by Gasteiger charge is 2.53. The number of halogens is 1. The predicted molar refractivity (Wildman–Crippen MR) is 276 cm³/mol. The molecule has 4 amide bonds. The highest BCUT2D eigenvalue weighted by molar-refractivity contribution is 7.11. The van der Waals surface area contributed by atoms with Gasteiger partial charge >= 0.3 is 12.2 Å². The van der Waals surface area contributed by atoms with E-state index in [-0.39, 0.29) is 54.0 Å². The van der Waals surface area contributed by atoms with Gasteiger partial charge in [-0.1, -0.05) is 19.9 Å². The number of amides is 4. The number of carbonyl (C=O) groups is 4. The number of nitrogens with one attached hydrogen (secondary N) is 4. The van der Waals surface area contributed by atoms with E-state index in [0.29, 0.717) is 77.6 Å². The van der Waals surface area contributed by atoms with Gasteiger partial charge in [0.2, 0.25) is 18.0 Å². The van der Waals surface area contributed by atoms with E-state index in [9.17, 15) is 19.2 Å². The molecule has 0 radical (unpaired) electrons. The Hall–Kier alpha value is -6.80. The number of imidazole rings is 2. The van der Waals surface area contributed by atoms with Crippen molar-refractivity contribution in [2.45, 2.75) is 140 Å². The van der Waals surface area contributed by atoms with Gasteiger partial charge < -0.3 is 49.3 Å². The molecule has 12 rings (SSSR count). The van der Waals surface area contributed by atoms with Crippen LogP contribution in [0.1, 0.15) is 131 Å². The number of hydrogen-bond donors (Lipinski definition) is 4. The molecule has 4 N–H and O–H groups in total. The third-order valence-corrected chi connectivity index (χ3v) is 17.7. The van der Waals surface area contributed by atoms with Crippen LogP contribution >= 0.6 is 11.3 Å². The second-order valence-corrected chi connectivity index (χ2v) is 22.9. The van der Waals surface area contributed by atoms with Crippen LogP contribution in [0.2, 0.25) is 0 Å². The number of methoxy groups -OCH3 is 2. The van der Waals surface area contributed by atoms with Crippen molar-refractivity contribution < 1.29 is 42.5 Å². The molecule has 8 heterocycles. The number of alkyl carbamates (subject to hydrolysis) is 2. The van der Waals surface area contributed by atoms with Crippen LogP contribution < -0.4 is 15.4 Å². The Kier molecular flexibility index (Phi) is 12.7. The number of H-pyrrole nitrogens is 2. The quantitative estimate of drug-likeness (QED) is 0.0907. The maximum Gasteiger partial charge on any atom is 0.407 e. The topological polar surface area (TPSA) is 211 Å². The average molecular weight is 1040 g/mol. The van der Waals surface area contributed by atoms with Gasteiger partial charge in [0.05, 0.1) is 89.0 Å². The molecule has 6 aliphatic rings. The lowest BCUT2D eigenvalue weighted by Gasteiger charge is -2.42. The van der Waals surface area contributed by atoms with Crippen molar-refractivity contribution >= 4 is 46.2 Å². The Morgan fingerprint density at radius 3 is 2.23 bits per heavy atom. The zero-order valence-corrected chi connectivity index (χ0v) is 43.7. The Labute approximate surface area is 437 Å². The number of hydrogen-bond acceptors (Lipinski definition) is 12. The van der Waals surface area contributed by atoms with Gasteiger partial charge in [-0.15, -0.1) is 11.3 Å². The van der Waals surface area contributed by atoms with Crippen LogP contribution in [0.25, 0.3) is 44.7 Å². The summed E-state index contributed by atoms with van der Waals surface area (Å²) in [7, 11) is 2.59. The molecule has 0 bridgehead atoms. The van der Waals surface area contributed by atoms with Crippen LogP contribution in [0.4, 0.5) is 14.0 Å². The number of aromatic nitrogens is 6. The maximum absolute atomic E-state index is 17.1. The SMILES string of the molecule is COC(=O)NC(C(=O)N1CCCC1c1ncc(-c2cc(F)c3c(c2)OC(c2cnc(C4CC4)s2)n2c-3cc3cc(-c4cnc(C5CC6CCC6N5C(=O)C(NC(=O)OC)C5CC(C)OC(C)C5)[nH]4)ccc32)[nH]1)C(C)C. The van der Waals surface area contributed by atoms with Crippen LogP contribution in [0.15, 0.2) is 55.0 Å². The number of rotatable bonds is 12. The van der Waals surface area contributed by atoms with Crippen LogP contribution in [-0.2, 0) is 23.8 Å². The summed E-state index contributed by atoms with van der Waals surface area (Å²) in [4.78, 5) is 79.7. The molecule has 5 fully saturated rings. The Bertz CT molecular complexity index is 3190. The molecule has 2 saturated carbocycles. The molecular formula is C55H63FN10O8S. The van der Waals surface area contributed by atoms with Crippen LogP contribution in [0.5, 0.6) is 5.75 Å². The fraction of sp³-hybridized carbons (Fsp3) is 0.509. The molecular weight excluding hydrogens is 980 g/mol. The number of ether oxygens (including phenoxy) is 4. The van der Waals surface area contributed by atoms with Crippen molar-refractivity contribution in [3.8, 4) is 39.5 Å². The third kappa shape index (κ3) is 8.90. The number of benzene rings is 2. The van der Waals surface area contributed by atoms with Gasteiger partial charge in [-0.3, -0.25) is 14.2 Å². The maximum atomic E-state index is 17.1. The second-order valence-electron chi connectivity index (χ2n) is 21.8. The minimum absolute atomic E-state index is 0.0507. The zero-order chi connectivity index (χ0) is 52.0. The number of nitrogens with zero attached hydrogens (tertiary/aromatic N) is 6. The Balaban J connectivity index is 0.854. The Morgan fingerprint density at radius 1 is 0.813 bits per heavy atom. The summed E-state index contributed by atoms with van der Waals surface area (Å²) < 4.78 is 41.9. The van der Waals surface area contributed by atoms with Crippen molar-refractivity contribution in [3.63, 3.8) is 0 Å². The summed E-state index contributed by atoms with van der Waals surface area (Å²) in [5.41, 5.74) is 4.61.